The van der Waals surface area contributed by atoms with E-state index in [1.54, 1.807) is 126 Å². The molecule has 0 unspecified atom stereocenters. The zero-order valence-corrected chi connectivity index (χ0v) is 41.1. The predicted octanol–water partition coefficient (Wildman–Crippen LogP) is 6.59. The van der Waals surface area contributed by atoms with Crippen LogP contribution in [-0.4, -0.2) is 105 Å². The Hall–Kier alpha value is -7.40. The van der Waals surface area contributed by atoms with Gasteiger partial charge in [-0.15, -0.1) is 10.2 Å². The van der Waals surface area contributed by atoms with E-state index in [9.17, 15) is 18.0 Å². The van der Waals surface area contributed by atoms with Gasteiger partial charge in [-0.3, -0.25) is 0 Å². The van der Waals surface area contributed by atoms with Crippen molar-refractivity contribution in [3.05, 3.63) is 126 Å². The van der Waals surface area contributed by atoms with Crippen molar-refractivity contribution in [1.29, 1.82) is 0 Å². The minimum absolute atomic E-state index is 0.0399. The molecular formula is C48H52N8O12S2. The van der Waals surface area contributed by atoms with Gasteiger partial charge < -0.3 is 33.4 Å². The minimum Gasteiger partial charge on any atom is -0.497 e. The number of methoxy groups -OCH3 is 3. The van der Waals surface area contributed by atoms with Gasteiger partial charge >= 0.3 is 18.0 Å². The summed E-state index contributed by atoms with van der Waals surface area (Å²) in [4.78, 5) is 29.7. The van der Waals surface area contributed by atoms with Gasteiger partial charge in [0.05, 0.1) is 40.0 Å². The summed E-state index contributed by atoms with van der Waals surface area (Å²) < 4.78 is 97.8. The number of rotatable bonds is 20. The van der Waals surface area contributed by atoms with Crippen molar-refractivity contribution in [3.8, 4) is 39.8 Å². The lowest BCUT2D eigenvalue weighted by Crippen LogP contribution is -2.38. The van der Waals surface area contributed by atoms with Gasteiger partial charge in [0.1, 0.15) is 38.2 Å². The predicted molar refractivity (Wildman–Crippen MR) is 256 cm³/mol. The van der Waals surface area contributed by atoms with Crippen LogP contribution in [0, 0.1) is 0 Å². The maximum absolute atomic E-state index is 16.1. The van der Waals surface area contributed by atoms with Crippen molar-refractivity contribution in [1.82, 2.24) is 39.5 Å². The molecule has 70 heavy (non-hydrogen) atoms. The standard InChI is InChI=1S/C48H52N8O12S2/c1-8-66-46(57)45-51-42-38(10-9-11-39(42)67-45)37-24-25-40(69(59,60)50-27-26-49-47(58)68-48(2,3)4)43(41(37)44-52-54-56(53-44)30-33-16-22-36(65-7)23-17-33)70(61,62)55(28-31-12-18-34(63-5)19-13-31)29-32-14-20-35(64-6)21-15-32/h9-25,50H,8,26-30H2,1-7H3,(H,49,58). The molecule has 5 aromatic carbocycles. The first-order chi connectivity index (χ1) is 33.4. The summed E-state index contributed by atoms with van der Waals surface area (Å²) in [7, 11) is -5.28. The van der Waals surface area contributed by atoms with Crippen LogP contribution in [0.4, 0.5) is 4.79 Å². The molecule has 1 amide bonds. The summed E-state index contributed by atoms with van der Waals surface area (Å²) >= 11 is 0. The molecule has 0 aliphatic rings. The molecule has 0 radical (unpaired) electrons. The van der Waals surface area contributed by atoms with Gasteiger partial charge in [-0.2, -0.15) is 9.10 Å². The van der Waals surface area contributed by atoms with Crippen LogP contribution >= 0.6 is 0 Å². The largest absolute Gasteiger partial charge is 0.497 e. The maximum Gasteiger partial charge on any atom is 0.407 e. The van der Waals surface area contributed by atoms with E-state index >= 15 is 8.42 Å². The van der Waals surface area contributed by atoms with Crippen molar-refractivity contribution in [2.75, 3.05) is 41.0 Å². The van der Waals surface area contributed by atoms with Crippen LogP contribution in [0.15, 0.2) is 117 Å². The molecule has 0 bridgehead atoms. The Kier molecular flexibility index (Phi) is 15.5. The lowest BCUT2D eigenvalue weighted by Gasteiger charge is -2.26. The van der Waals surface area contributed by atoms with E-state index < -0.39 is 47.5 Å². The molecule has 0 atom stereocenters. The van der Waals surface area contributed by atoms with Gasteiger partial charge in [-0.05, 0) is 104 Å². The number of alkyl carbamates (subject to hydrolysis) is 1. The average molecular weight is 997 g/mol. The molecule has 7 aromatic rings. The molecule has 20 nitrogen and oxygen atoms in total. The molecule has 2 aromatic heterocycles. The number of hydrogen-bond acceptors (Lipinski definition) is 16. The SMILES string of the molecule is CCOC(=O)c1nc2c(-c3ccc(S(=O)(=O)NCCNC(=O)OC(C)(C)C)c(S(=O)(=O)N(Cc4ccc(OC)cc4)Cc4ccc(OC)cc4)c3-c3nnn(Cc4ccc(OC)cc4)n3)cccc2o1. The molecule has 2 N–H and O–H groups in total. The molecule has 7 rings (SSSR count). The zero-order valence-electron chi connectivity index (χ0n) is 39.5. The highest BCUT2D eigenvalue weighted by Crippen LogP contribution is 2.43. The number of nitrogens with zero attached hydrogens (tertiary/aromatic N) is 6. The minimum atomic E-state index is -5.03. The van der Waals surface area contributed by atoms with Crippen LogP contribution in [0.1, 0.15) is 55.1 Å². The van der Waals surface area contributed by atoms with Crippen molar-refractivity contribution in [2.24, 2.45) is 0 Å². The second-order valence-electron chi connectivity index (χ2n) is 16.5. The van der Waals surface area contributed by atoms with Crippen molar-refractivity contribution in [2.45, 2.75) is 62.7 Å². The summed E-state index contributed by atoms with van der Waals surface area (Å²) in [5, 5.41) is 15.9. The number of sulfonamides is 2. The molecule has 0 aliphatic heterocycles. The molecular weight excluding hydrogens is 945 g/mol. The monoisotopic (exact) mass is 996 g/mol. The van der Waals surface area contributed by atoms with Crippen LogP contribution in [0.3, 0.4) is 0 Å². The number of benzene rings is 5. The van der Waals surface area contributed by atoms with Gasteiger partial charge in [0.15, 0.2) is 5.58 Å². The summed E-state index contributed by atoms with van der Waals surface area (Å²) in [6, 6.07) is 27.9. The number of fused-ring (bicyclic) bond motifs is 1. The molecule has 0 aliphatic carbocycles. The van der Waals surface area contributed by atoms with Gasteiger partial charge in [0.25, 0.3) is 0 Å². The summed E-state index contributed by atoms with van der Waals surface area (Å²) in [5.74, 6) is 0.200. The topological polar surface area (TPSA) is 246 Å². The summed E-state index contributed by atoms with van der Waals surface area (Å²) in [6.07, 6.45) is -0.786. The third kappa shape index (κ3) is 11.9. The number of oxazole rings is 1. The Morgan fingerprint density at radius 1 is 0.743 bits per heavy atom. The first kappa shape index (κ1) is 50.5. The van der Waals surface area contributed by atoms with E-state index in [0.717, 1.165) is 15.9 Å². The first-order valence-electron chi connectivity index (χ1n) is 21.8. The average Bonchev–Trinajstić information content (AvgIpc) is 4.00. The highest BCUT2D eigenvalue weighted by atomic mass is 32.2. The van der Waals surface area contributed by atoms with Crippen molar-refractivity contribution < 1.29 is 54.5 Å². The number of carbonyl (C=O) groups is 2. The Bertz CT molecular complexity index is 3140. The fourth-order valence-corrected chi connectivity index (χ4v) is 10.6. The Balaban J connectivity index is 1.48. The number of esters is 1. The summed E-state index contributed by atoms with van der Waals surface area (Å²) in [5.41, 5.74) is 1.31. The highest BCUT2D eigenvalue weighted by molar-refractivity contribution is 7.92. The van der Waals surface area contributed by atoms with Gasteiger partial charge in [-0.25, -0.2) is 36.1 Å². The highest BCUT2D eigenvalue weighted by Gasteiger charge is 2.38. The van der Waals surface area contributed by atoms with Crippen LogP contribution in [-0.2, 0) is 49.2 Å². The number of nitrogens with one attached hydrogen (secondary N) is 2. The fraction of sp³-hybridized carbons (Fsp3) is 0.292. The van der Waals surface area contributed by atoms with Crippen LogP contribution in [0.25, 0.3) is 33.6 Å². The van der Waals surface area contributed by atoms with E-state index in [4.69, 9.17) is 28.1 Å². The fourth-order valence-electron chi connectivity index (χ4n) is 7.19. The maximum atomic E-state index is 16.1. The molecule has 0 fully saturated rings. The summed E-state index contributed by atoms with van der Waals surface area (Å²) in [6.45, 7) is 5.68. The van der Waals surface area contributed by atoms with Gasteiger partial charge in [0.2, 0.25) is 25.9 Å². The Morgan fingerprint density at radius 2 is 1.33 bits per heavy atom. The number of amides is 1. The van der Waals surface area contributed by atoms with E-state index in [0.29, 0.717) is 28.4 Å². The number of ether oxygens (including phenoxy) is 5. The quantitative estimate of drug-likeness (QED) is 0.0604. The number of hydrogen-bond donors (Lipinski definition) is 2. The lowest BCUT2D eigenvalue weighted by atomic mass is 9.98. The third-order valence-electron chi connectivity index (χ3n) is 10.4. The Labute approximate surface area is 405 Å². The zero-order chi connectivity index (χ0) is 50.2. The molecule has 368 valence electrons. The van der Waals surface area contributed by atoms with Gasteiger partial charge in [-0.1, -0.05) is 54.6 Å². The normalized spacial score (nSPS) is 11.9. The molecule has 0 saturated heterocycles. The van der Waals surface area contributed by atoms with Crippen LogP contribution < -0.4 is 24.2 Å². The van der Waals surface area contributed by atoms with Crippen molar-refractivity contribution in [3.63, 3.8) is 0 Å². The van der Waals surface area contributed by atoms with E-state index in [-0.39, 0.29) is 78.8 Å². The van der Waals surface area contributed by atoms with Gasteiger partial charge in [0, 0.05) is 31.7 Å². The molecule has 0 saturated carbocycles. The van der Waals surface area contributed by atoms with Crippen LogP contribution in [0.5, 0.6) is 17.2 Å². The van der Waals surface area contributed by atoms with E-state index in [1.807, 2.05) is 0 Å². The smallest absolute Gasteiger partial charge is 0.407 e. The first-order valence-corrected chi connectivity index (χ1v) is 24.7. The lowest BCUT2D eigenvalue weighted by molar-refractivity contribution is 0.0481. The Morgan fingerprint density at radius 3 is 1.89 bits per heavy atom. The number of tetrazole rings is 1. The molecule has 2 heterocycles. The molecule has 22 heteroatoms. The van der Waals surface area contributed by atoms with Crippen molar-refractivity contribution >= 4 is 43.2 Å². The second-order valence-corrected chi connectivity index (χ2v) is 20.1. The van der Waals surface area contributed by atoms with E-state index in [2.05, 4.69) is 30.4 Å². The van der Waals surface area contributed by atoms with E-state index in [1.165, 1.54) is 25.1 Å². The van der Waals surface area contributed by atoms with Crippen LogP contribution in [0.2, 0.25) is 0 Å². The number of aromatic nitrogens is 5. The third-order valence-corrected chi connectivity index (χ3v) is 14.0. The number of para-hydroxylation sites is 1. The molecule has 0 spiro atoms. The number of carbonyl (C=O) groups excluding carboxylic acids is 2. The second kappa shape index (κ2) is 21.5.